The van der Waals surface area contributed by atoms with Crippen LogP contribution < -0.4 is 16.6 Å². The van der Waals surface area contributed by atoms with E-state index in [4.69, 9.17) is 50.9 Å². The minimum Gasteiger partial charge on any atom is -0.456 e. The van der Waals surface area contributed by atoms with Crippen LogP contribution in [0.15, 0.2) is 21.9 Å². The van der Waals surface area contributed by atoms with Gasteiger partial charge in [-0.25, -0.2) is 13.9 Å². The Balaban J connectivity index is 1.58. The van der Waals surface area contributed by atoms with Gasteiger partial charge in [-0.2, -0.15) is 9.57 Å². The van der Waals surface area contributed by atoms with Crippen molar-refractivity contribution in [3.63, 3.8) is 0 Å². The van der Waals surface area contributed by atoms with Gasteiger partial charge in [-0.1, -0.05) is 41.5 Å². The third-order valence-corrected chi connectivity index (χ3v) is 17.2. The van der Waals surface area contributed by atoms with Crippen molar-refractivity contribution in [1.29, 1.82) is 5.26 Å². The van der Waals surface area contributed by atoms with Crippen LogP contribution in [-0.2, 0) is 69.2 Å². The number of nitrogens with zero attached hydrogens (tertiary/aromatic N) is 2. The van der Waals surface area contributed by atoms with Crippen LogP contribution in [0, 0.1) is 11.3 Å². The summed E-state index contributed by atoms with van der Waals surface area (Å²) in [6.45, 7) is 13.8. The Morgan fingerprint density at radius 2 is 1.65 bits per heavy atom. The van der Waals surface area contributed by atoms with Gasteiger partial charge in [0.15, 0.2) is 24.7 Å². The number of rotatable bonds is 14. The van der Waals surface area contributed by atoms with Crippen LogP contribution in [0.25, 0.3) is 0 Å². The summed E-state index contributed by atoms with van der Waals surface area (Å²) in [7, 11) is -13.8. The number of ether oxygens (including phenoxy) is 4. The zero-order valence-electron chi connectivity index (χ0n) is 33.0. The van der Waals surface area contributed by atoms with E-state index in [1.807, 2.05) is 46.5 Å². The molecule has 3 aliphatic heterocycles. The highest BCUT2D eigenvalue weighted by Crippen LogP contribution is 2.65. The first-order valence-corrected chi connectivity index (χ1v) is 22.6. The summed E-state index contributed by atoms with van der Waals surface area (Å²) in [6.07, 6.45) is -8.61. The molecule has 0 saturated carbocycles. The SMILES string of the molecule is CC(=O)N[C@@H]1C[C@@H]2O[Si](C(C)(C)C)(C(C)(C)C)OC[C@H]2O[C@@H]1OP(=O)(O)OP(=O)(OCCC#N)OC[C@H]1O[C@@H](n2ccc(=O)[nH]c2=O)[C@H](OC(C)=O)[C@@H]1OC(C)=O. The lowest BCUT2D eigenvalue weighted by Gasteiger charge is -2.56. The molecule has 0 radical (unpaired) electrons. The summed E-state index contributed by atoms with van der Waals surface area (Å²) in [4.78, 5) is 73.9. The molecule has 4 heterocycles. The van der Waals surface area contributed by atoms with E-state index < -0.39 is 126 Å². The van der Waals surface area contributed by atoms with Crippen LogP contribution in [0.1, 0.15) is 81.4 Å². The predicted molar refractivity (Wildman–Crippen MR) is 195 cm³/mol. The fourth-order valence-electron chi connectivity index (χ4n) is 7.06. The molecule has 0 aliphatic carbocycles. The number of hydrogen-bond donors (Lipinski definition) is 3. The van der Waals surface area contributed by atoms with Crippen molar-refractivity contribution in [2.45, 2.75) is 134 Å². The summed E-state index contributed by atoms with van der Waals surface area (Å²) in [6, 6.07) is 1.62. The fraction of sp³-hybridized carbons (Fsp3) is 0.750. The molecule has 10 atom stereocenters. The minimum absolute atomic E-state index is 0.0267. The molecule has 0 bridgehead atoms. The molecule has 1 amide bonds. The van der Waals surface area contributed by atoms with Crippen molar-refractivity contribution in [3.8, 4) is 6.07 Å². The van der Waals surface area contributed by atoms with Crippen LogP contribution in [-0.4, -0.2) is 104 Å². The molecular weight excluding hydrogens is 818 g/mol. The van der Waals surface area contributed by atoms with Crippen LogP contribution >= 0.6 is 15.6 Å². The lowest BCUT2D eigenvalue weighted by Crippen LogP contribution is -2.68. The first-order chi connectivity index (χ1) is 26.3. The number of H-pyrrole nitrogens is 1. The maximum absolute atomic E-state index is 14.0. The molecule has 320 valence electrons. The number of amides is 1. The van der Waals surface area contributed by atoms with Crippen LogP contribution in [0.4, 0.5) is 0 Å². The molecular formula is C32H50N4O18P2Si. The van der Waals surface area contributed by atoms with Gasteiger partial charge in [-0.15, -0.1) is 0 Å². The molecule has 2 unspecified atom stereocenters. The summed E-state index contributed by atoms with van der Waals surface area (Å²) in [5.74, 6) is -2.32. The number of aromatic nitrogens is 2. The third kappa shape index (κ3) is 11.3. The molecule has 3 saturated heterocycles. The average molecular weight is 869 g/mol. The van der Waals surface area contributed by atoms with Crippen LogP contribution in [0.2, 0.25) is 10.1 Å². The molecule has 3 aliphatic rings. The first-order valence-electron chi connectivity index (χ1n) is 17.8. The lowest BCUT2D eigenvalue weighted by atomic mass is 10.0. The number of carbonyl (C=O) groups excluding carboxylic acids is 3. The minimum atomic E-state index is -5.56. The van der Waals surface area contributed by atoms with Crippen LogP contribution in [0.3, 0.4) is 0 Å². The number of hydrogen-bond acceptors (Lipinski definition) is 18. The van der Waals surface area contributed by atoms with Gasteiger partial charge in [-0.05, 0) is 0 Å². The monoisotopic (exact) mass is 868 g/mol. The zero-order valence-corrected chi connectivity index (χ0v) is 35.8. The molecule has 3 fully saturated rings. The van der Waals surface area contributed by atoms with E-state index in [1.54, 1.807) is 6.07 Å². The van der Waals surface area contributed by atoms with Crippen molar-refractivity contribution in [3.05, 3.63) is 33.1 Å². The Kier molecular flexibility index (Phi) is 14.7. The molecule has 22 nitrogen and oxygen atoms in total. The Bertz CT molecular complexity index is 1890. The van der Waals surface area contributed by atoms with E-state index in [2.05, 4.69) is 5.32 Å². The maximum Gasteiger partial charge on any atom is 0.483 e. The molecule has 25 heteroatoms. The van der Waals surface area contributed by atoms with Gasteiger partial charge in [0, 0.05) is 49.5 Å². The second-order valence-electron chi connectivity index (χ2n) is 15.5. The second kappa shape index (κ2) is 18.0. The topological polar surface area (TPSA) is 289 Å². The summed E-state index contributed by atoms with van der Waals surface area (Å²) in [5.41, 5.74) is -1.75. The number of carbonyl (C=O) groups is 3. The largest absolute Gasteiger partial charge is 0.483 e. The Morgan fingerprint density at radius 3 is 2.21 bits per heavy atom. The molecule has 0 aromatic carbocycles. The smallest absolute Gasteiger partial charge is 0.456 e. The third-order valence-electron chi connectivity index (χ3n) is 8.99. The van der Waals surface area contributed by atoms with Crippen molar-refractivity contribution in [1.82, 2.24) is 14.9 Å². The number of nitriles is 1. The molecule has 1 aromatic heterocycles. The number of nitrogens with one attached hydrogen (secondary N) is 2. The summed E-state index contributed by atoms with van der Waals surface area (Å²) in [5, 5.41) is 10.9. The van der Waals surface area contributed by atoms with Gasteiger partial charge in [-0.3, -0.25) is 42.3 Å². The van der Waals surface area contributed by atoms with E-state index in [0.29, 0.717) is 0 Å². The van der Waals surface area contributed by atoms with Gasteiger partial charge in [0.2, 0.25) is 5.91 Å². The quantitative estimate of drug-likeness (QED) is 0.105. The van der Waals surface area contributed by atoms with E-state index in [9.17, 15) is 38.0 Å². The fourth-order valence-corrected chi connectivity index (χ4v) is 14.7. The standard InChI is InChI=1S/C32H50N4O18P2Si/c1-18(37)34-21-15-22-23(17-47-57(53-22,31(4,5)6)32(7,8)9)51-29(21)52-55(42,43)54-56(44,45-14-10-12-33)46-16-24-26(48-19(2)38)27(49-20(3)39)28(50-24)36-13-11-25(40)35-30(36)41/h11,13,21-24,26-29H,10,14-17H2,1-9H3,(H,34,37)(H,42,43)(H,35,40,41)/t21-,22+,23-,24-,26-,27-,28-,29-,56?/m1/s1. The van der Waals surface area contributed by atoms with Gasteiger partial charge >= 0.3 is 41.8 Å². The van der Waals surface area contributed by atoms with Crippen molar-refractivity contribution >= 4 is 42.1 Å². The van der Waals surface area contributed by atoms with Crippen molar-refractivity contribution in [2.24, 2.45) is 0 Å². The van der Waals surface area contributed by atoms with Crippen molar-refractivity contribution in [2.75, 3.05) is 19.8 Å². The van der Waals surface area contributed by atoms with Gasteiger partial charge < -0.3 is 38.0 Å². The maximum atomic E-state index is 14.0. The normalized spacial score (nSPS) is 29.5. The number of phosphoric acid groups is 2. The van der Waals surface area contributed by atoms with Crippen LogP contribution in [0.5, 0.6) is 0 Å². The highest BCUT2D eigenvalue weighted by Gasteiger charge is 2.63. The van der Waals surface area contributed by atoms with Gasteiger partial charge in [0.1, 0.15) is 12.2 Å². The Morgan fingerprint density at radius 1 is 1.02 bits per heavy atom. The van der Waals surface area contributed by atoms with Gasteiger partial charge in [0.05, 0.1) is 44.5 Å². The predicted octanol–water partition coefficient (Wildman–Crippen LogP) is 2.56. The van der Waals surface area contributed by atoms with E-state index in [0.717, 1.165) is 30.7 Å². The zero-order chi connectivity index (χ0) is 42.7. The average Bonchev–Trinajstić information content (AvgIpc) is 3.37. The van der Waals surface area contributed by atoms with Crippen molar-refractivity contribution < 1.29 is 74.1 Å². The number of phosphoric ester groups is 2. The molecule has 0 spiro atoms. The molecule has 1 aromatic rings. The Hall–Kier alpha value is -3.10. The molecule has 4 rings (SSSR count). The highest BCUT2D eigenvalue weighted by molar-refractivity contribution is 7.61. The highest BCUT2D eigenvalue weighted by atomic mass is 31.3. The van der Waals surface area contributed by atoms with E-state index in [-0.39, 0.29) is 19.4 Å². The second-order valence-corrected chi connectivity index (χ2v) is 23.5. The number of fused-ring (bicyclic) bond motifs is 1. The molecule has 57 heavy (non-hydrogen) atoms. The molecule has 3 N–H and O–H groups in total. The van der Waals surface area contributed by atoms with Gasteiger partial charge in [0.25, 0.3) is 5.56 Å². The van der Waals surface area contributed by atoms with E-state index in [1.165, 1.54) is 6.92 Å². The first kappa shape index (κ1) is 46.6. The van der Waals surface area contributed by atoms with E-state index >= 15 is 0 Å². The Labute approximate surface area is 329 Å². The number of esters is 2. The number of aromatic amines is 1. The summed E-state index contributed by atoms with van der Waals surface area (Å²) < 4.78 is 85.1. The lowest BCUT2D eigenvalue weighted by molar-refractivity contribution is -0.228. The summed E-state index contributed by atoms with van der Waals surface area (Å²) >= 11 is 0.